The van der Waals surface area contributed by atoms with Crippen LogP contribution in [-0.4, -0.2) is 27.1 Å². The van der Waals surface area contributed by atoms with Crippen LogP contribution in [0.3, 0.4) is 0 Å². The minimum atomic E-state index is -0.0123. The van der Waals surface area contributed by atoms with Gasteiger partial charge in [0, 0.05) is 30.2 Å². The van der Waals surface area contributed by atoms with E-state index >= 15 is 0 Å². The Labute approximate surface area is 106 Å². The van der Waals surface area contributed by atoms with Gasteiger partial charge in [-0.25, -0.2) is 4.98 Å². The molecule has 1 aromatic rings. The van der Waals surface area contributed by atoms with Crippen molar-refractivity contribution in [1.29, 1.82) is 0 Å². The van der Waals surface area contributed by atoms with Crippen molar-refractivity contribution in [3.05, 3.63) is 22.7 Å². The molecule has 1 fully saturated rings. The molecule has 1 heterocycles. The van der Waals surface area contributed by atoms with Gasteiger partial charge >= 0.3 is 0 Å². The zero-order valence-electron chi connectivity index (χ0n) is 10.3. The number of hydrogen-bond donors (Lipinski definition) is 1. The highest BCUT2D eigenvalue weighted by Gasteiger charge is 2.27. The fourth-order valence-electron chi connectivity index (χ4n) is 2.34. The first kappa shape index (κ1) is 12.5. The predicted octanol–water partition coefficient (Wildman–Crippen LogP) is 1.96. The SMILES string of the molecule is CCn1ccnc(NC2CCCC2SC)c1=O. The van der Waals surface area contributed by atoms with E-state index in [0.717, 1.165) is 6.42 Å². The van der Waals surface area contributed by atoms with E-state index in [1.165, 1.54) is 12.8 Å². The van der Waals surface area contributed by atoms with E-state index in [1.54, 1.807) is 17.0 Å². The second-order valence-corrected chi connectivity index (χ2v) is 5.40. The molecule has 1 aliphatic rings. The van der Waals surface area contributed by atoms with E-state index in [2.05, 4.69) is 16.6 Å². The van der Waals surface area contributed by atoms with Crippen molar-refractivity contribution in [3.8, 4) is 0 Å². The van der Waals surface area contributed by atoms with E-state index in [0.29, 0.717) is 23.7 Å². The Kier molecular flexibility index (Phi) is 4.10. The number of nitrogens with one attached hydrogen (secondary N) is 1. The maximum absolute atomic E-state index is 12.0. The first-order valence-corrected chi connectivity index (χ1v) is 7.39. The van der Waals surface area contributed by atoms with Crippen LogP contribution in [0.2, 0.25) is 0 Å². The minimum Gasteiger partial charge on any atom is -0.362 e. The molecule has 2 unspecified atom stereocenters. The number of anilines is 1. The Hall–Kier alpha value is -0.970. The summed E-state index contributed by atoms with van der Waals surface area (Å²) in [6.07, 6.45) is 9.15. The summed E-state index contributed by atoms with van der Waals surface area (Å²) < 4.78 is 1.68. The topological polar surface area (TPSA) is 46.9 Å². The summed E-state index contributed by atoms with van der Waals surface area (Å²) >= 11 is 1.88. The van der Waals surface area contributed by atoms with Gasteiger partial charge in [-0.1, -0.05) is 6.42 Å². The summed E-state index contributed by atoms with van der Waals surface area (Å²) in [6, 6.07) is 0.387. The fraction of sp³-hybridized carbons (Fsp3) is 0.667. The summed E-state index contributed by atoms with van der Waals surface area (Å²) in [5, 5.41) is 3.92. The Morgan fingerprint density at radius 1 is 1.59 bits per heavy atom. The third-order valence-corrected chi connectivity index (χ3v) is 4.50. The molecule has 0 aromatic carbocycles. The molecule has 1 aliphatic carbocycles. The van der Waals surface area contributed by atoms with E-state index in [9.17, 15) is 4.79 Å². The van der Waals surface area contributed by atoms with Crippen LogP contribution in [0.5, 0.6) is 0 Å². The van der Waals surface area contributed by atoms with Gasteiger partial charge in [-0.2, -0.15) is 11.8 Å². The zero-order valence-corrected chi connectivity index (χ0v) is 11.2. The summed E-state index contributed by atoms with van der Waals surface area (Å²) in [4.78, 5) is 16.2. The standard InChI is InChI=1S/C12H19N3OS/c1-3-15-8-7-13-11(12(15)16)14-9-5-4-6-10(9)17-2/h7-10H,3-6H2,1-2H3,(H,13,14). The molecular formula is C12H19N3OS. The average molecular weight is 253 g/mol. The molecule has 5 heteroatoms. The van der Waals surface area contributed by atoms with Gasteiger partial charge in [0.1, 0.15) is 0 Å². The number of thioether (sulfide) groups is 1. The molecule has 1 aromatic heterocycles. The minimum absolute atomic E-state index is 0.0123. The average Bonchev–Trinajstić information content (AvgIpc) is 2.79. The third-order valence-electron chi connectivity index (χ3n) is 3.33. The molecule has 2 atom stereocenters. The van der Waals surface area contributed by atoms with Crippen LogP contribution in [0.25, 0.3) is 0 Å². The van der Waals surface area contributed by atoms with Gasteiger partial charge < -0.3 is 9.88 Å². The van der Waals surface area contributed by atoms with Crippen LogP contribution >= 0.6 is 11.8 Å². The molecule has 0 aliphatic heterocycles. The van der Waals surface area contributed by atoms with Gasteiger partial charge in [-0.05, 0) is 26.0 Å². The van der Waals surface area contributed by atoms with Crippen molar-refractivity contribution >= 4 is 17.6 Å². The quantitative estimate of drug-likeness (QED) is 0.891. The molecular weight excluding hydrogens is 234 g/mol. The Morgan fingerprint density at radius 3 is 3.12 bits per heavy atom. The van der Waals surface area contributed by atoms with E-state index in [-0.39, 0.29) is 5.56 Å². The van der Waals surface area contributed by atoms with Gasteiger partial charge in [0.15, 0.2) is 5.82 Å². The maximum atomic E-state index is 12.0. The predicted molar refractivity (Wildman–Crippen MR) is 72.7 cm³/mol. The smallest absolute Gasteiger partial charge is 0.293 e. The van der Waals surface area contributed by atoms with Crippen molar-refractivity contribution in [1.82, 2.24) is 9.55 Å². The molecule has 17 heavy (non-hydrogen) atoms. The molecule has 0 bridgehead atoms. The number of aromatic nitrogens is 2. The Balaban J connectivity index is 2.16. The molecule has 0 radical (unpaired) electrons. The van der Waals surface area contributed by atoms with Crippen molar-refractivity contribution < 1.29 is 0 Å². The molecule has 2 rings (SSSR count). The summed E-state index contributed by atoms with van der Waals surface area (Å²) in [7, 11) is 0. The van der Waals surface area contributed by atoms with Crippen LogP contribution in [0.1, 0.15) is 26.2 Å². The number of aryl methyl sites for hydroxylation is 1. The van der Waals surface area contributed by atoms with Crippen molar-refractivity contribution in [3.63, 3.8) is 0 Å². The first-order valence-electron chi connectivity index (χ1n) is 6.11. The zero-order chi connectivity index (χ0) is 12.3. The Morgan fingerprint density at radius 2 is 2.41 bits per heavy atom. The van der Waals surface area contributed by atoms with E-state index < -0.39 is 0 Å². The largest absolute Gasteiger partial charge is 0.362 e. The highest BCUT2D eigenvalue weighted by molar-refractivity contribution is 7.99. The summed E-state index contributed by atoms with van der Waals surface area (Å²) in [5.74, 6) is 0.500. The van der Waals surface area contributed by atoms with Crippen molar-refractivity contribution in [2.45, 2.75) is 44.0 Å². The van der Waals surface area contributed by atoms with Gasteiger partial charge in [0.2, 0.25) is 0 Å². The molecule has 0 saturated heterocycles. The van der Waals surface area contributed by atoms with Gasteiger partial charge in [-0.3, -0.25) is 4.79 Å². The highest BCUT2D eigenvalue weighted by atomic mass is 32.2. The second-order valence-electron chi connectivity index (χ2n) is 4.32. The molecule has 0 amide bonds. The highest BCUT2D eigenvalue weighted by Crippen LogP contribution is 2.29. The molecule has 1 N–H and O–H groups in total. The lowest BCUT2D eigenvalue weighted by atomic mass is 10.2. The van der Waals surface area contributed by atoms with Crippen LogP contribution in [0.4, 0.5) is 5.82 Å². The Bertz CT molecular complexity index is 432. The van der Waals surface area contributed by atoms with Crippen molar-refractivity contribution in [2.75, 3.05) is 11.6 Å². The summed E-state index contributed by atoms with van der Waals surface area (Å²) in [6.45, 7) is 2.65. The fourth-order valence-corrected chi connectivity index (χ4v) is 3.28. The van der Waals surface area contributed by atoms with Gasteiger partial charge in [0.05, 0.1) is 0 Å². The van der Waals surface area contributed by atoms with Crippen molar-refractivity contribution in [2.24, 2.45) is 0 Å². The van der Waals surface area contributed by atoms with Crippen LogP contribution in [0, 0.1) is 0 Å². The molecule has 1 saturated carbocycles. The lowest BCUT2D eigenvalue weighted by Crippen LogP contribution is -2.32. The maximum Gasteiger partial charge on any atom is 0.293 e. The third kappa shape index (κ3) is 2.65. The lowest BCUT2D eigenvalue weighted by Gasteiger charge is -2.19. The molecule has 94 valence electrons. The van der Waals surface area contributed by atoms with E-state index in [1.807, 2.05) is 18.7 Å². The van der Waals surface area contributed by atoms with E-state index in [4.69, 9.17) is 0 Å². The van der Waals surface area contributed by atoms with Crippen LogP contribution < -0.4 is 10.9 Å². The number of rotatable bonds is 4. The van der Waals surface area contributed by atoms with Gasteiger partial charge in [-0.15, -0.1) is 0 Å². The molecule has 4 nitrogen and oxygen atoms in total. The van der Waals surface area contributed by atoms with Crippen LogP contribution in [0.15, 0.2) is 17.2 Å². The van der Waals surface area contributed by atoms with Crippen LogP contribution in [-0.2, 0) is 6.54 Å². The second kappa shape index (κ2) is 5.58. The number of hydrogen-bond acceptors (Lipinski definition) is 4. The summed E-state index contributed by atoms with van der Waals surface area (Å²) in [5.41, 5.74) is -0.0123. The first-order chi connectivity index (χ1) is 8.26. The lowest BCUT2D eigenvalue weighted by molar-refractivity contribution is 0.705. The monoisotopic (exact) mass is 253 g/mol. The normalized spacial score (nSPS) is 23.9. The molecule has 0 spiro atoms. The van der Waals surface area contributed by atoms with Gasteiger partial charge in [0.25, 0.3) is 5.56 Å². The number of nitrogens with zero attached hydrogens (tertiary/aromatic N) is 2.